The van der Waals surface area contributed by atoms with Crippen molar-refractivity contribution in [1.29, 1.82) is 0 Å². The molecule has 5 nitrogen and oxygen atoms in total. The molecule has 5 heteroatoms. The van der Waals surface area contributed by atoms with Gasteiger partial charge in [-0.05, 0) is 40.2 Å². The fraction of sp³-hybridized carbons (Fsp3) is 0.857. The van der Waals surface area contributed by atoms with Gasteiger partial charge in [-0.1, -0.05) is 6.92 Å². The van der Waals surface area contributed by atoms with Crippen LogP contribution >= 0.6 is 0 Å². The second kappa shape index (κ2) is 7.48. The maximum atomic E-state index is 12.3. The molecular formula is C14H27N3O2. The third-order valence-electron chi connectivity index (χ3n) is 3.78. The molecule has 1 heterocycles. The molecule has 0 aliphatic carbocycles. The van der Waals surface area contributed by atoms with Gasteiger partial charge in [0.15, 0.2) is 0 Å². The lowest BCUT2D eigenvalue weighted by molar-refractivity contribution is -0.143. The van der Waals surface area contributed by atoms with Crippen LogP contribution in [-0.4, -0.2) is 59.9 Å². The van der Waals surface area contributed by atoms with Gasteiger partial charge < -0.3 is 15.1 Å². The number of rotatable bonds is 7. The number of carbonyl (C=O) groups excluding carboxylic acids is 2. The number of nitrogens with zero attached hydrogens (tertiary/aromatic N) is 2. The van der Waals surface area contributed by atoms with E-state index in [4.69, 9.17) is 0 Å². The van der Waals surface area contributed by atoms with E-state index in [0.29, 0.717) is 19.6 Å². The molecule has 1 rings (SSSR count). The quantitative estimate of drug-likeness (QED) is 0.745. The first-order valence-corrected chi connectivity index (χ1v) is 7.39. The summed E-state index contributed by atoms with van der Waals surface area (Å²) in [5.41, 5.74) is 0. The van der Waals surface area contributed by atoms with Crippen molar-refractivity contribution in [3.63, 3.8) is 0 Å². The highest BCUT2D eigenvalue weighted by molar-refractivity contribution is 5.90. The third kappa shape index (κ3) is 3.69. The zero-order valence-electron chi connectivity index (χ0n) is 12.6. The standard InChI is InChI=1S/C14H27N3O2/c1-5-9-15-12-8-10-17(14(12)19)11(4)13(18)16(6-2)7-3/h11-12,15H,5-10H2,1-4H3. The Morgan fingerprint density at radius 3 is 2.58 bits per heavy atom. The highest BCUT2D eigenvalue weighted by Crippen LogP contribution is 2.16. The van der Waals surface area contributed by atoms with Crippen molar-refractivity contribution in [3.05, 3.63) is 0 Å². The maximum Gasteiger partial charge on any atom is 0.245 e. The minimum absolute atomic E-state index is 0.0505. The summed E-state index contributed by atoms with van der Waals surface area (Å²) in [6.07, 6.45) is 1.81. The van der Waals surface area contributed by atoms with Gasteiger partial charge in [-0.2, -0.15) is 0 Å². The predicted octanol–water partition coefficient (Wildman–Crippen LogP) is 0.844. The van der Waals surface area contributed by atoms with E-state index in [1.165, 1.54) is 0 Å². The molecule has 2 atom stereocenters. The summed E-state index contributed by atoms with van der Waals surface area (Å²) < 4.78 is 0. The summed E-state index contributed by atoms with van der Waals surface area (Å²) >= 11 is 0. The Balaban J connectivity index is 2.61. The third-order valence-corrected chi connectivity index (χ3v) is 3.78. The van der Waals surface area contributed by atoms with Crippen molar-refractivity contribution in [3.8, 4) is 0 Å². The van der Waals surface area contributed by atoms with Crippen molar-refractivity contribution in [2.45, 2.75) is 52.6 Å². The van der Waals surface area contributed by atoms with E-state index in [-0.39, 0.29) is 23.9 Å². The number of carbonyl (C=O) groups is 2. The second-order valence-electron chi connectivity index (χ2n) is 5.01. The van der Waals surface area contributed by atoms with E-state index in [1.54, 1.807) is 9.80 Å². The highest BCUT2D eigenvalue weighted by Gasteiger charge is 2.37. The molecule has 1 N–H and O–H groups in total. The molecule has 110 valence electrons. The molecule has 1 fully saturated rings. The van der Waals surface area contributed by atoms with Crippen LogP contribution in [0.4, 0.5) is 0 Å². The molecule has 0 aromatic rings. The molecular weight excluding hydrogens is 242 g/mol. The fourth-order valence-electron chi connectivity index (χ4n) is 2.53. The van der Waals surface area contributed by atoms with Gasteiger partial charge in [0.2, 0.25) is 11.8 Å². The first kappa shape index (κ1) is 16.0. The first-order valence-electron chi connectivity index (χ1n) is 7.39. The van der Waals surface area contributed by atoms with Gasteiger partial charge in [0, 0.05) is 19.6 Å². The summed E-state index contributed by atoms with van der Waals surface area (Å²) in [7, 11) is 0. The lowest BCUT2D eigenvalue weighted by atomic mass is 10.2. The van der Waals surface area contributed by atoms with Crippen molar-refractivity contribution in [2.75, 3.05) is 26.2 Å². The van der Waals surface area contributed by atoms with Crippen molar-refractivity contribution >= 4 is 11.8 Å². The SMILES string of the molecule is CCCNC1CCN(C(C)C(=O)N(CC)CC)C1=O. The van der Waals surface area contributed by atoms with E-state index in [2.05, 4.69) is 12.2 Å². The Morgan fingerprint density at radius 2 is 2.05 bits per heavy atom. The van der Waals surface area contributed by atoms with E-state index in [9.17, 15) is 9.59 Å². The van der Waals surface area contributed by atoms with E-state index in [0.717, 1.165) is 19.4 Å². The number of likely N-dealkylation sites (N-methyl/N-ethyl adjacent to an activating group) is 1. The maximum absolute atomic E-state index is 12.3. The van der Waals surface area contributed by atoms with Crippen molar-refractivity contribution in [2.24, 2.45) is 0 Å². The molecule has 2 amide bonds. The van der Waals surface area contributed by atoms with Gasteiger partial charge in [-0.25, -0.2) is 0 Å². The van der Waals surface area contributed by atoms with Crippen LogP contribution in [0, 0.1) is 0 Å². The fourth-order valence-corrected chi connectivity index (χ4v) is 2.53. The van der Waals surface area contributed by atoms with Gasteiger partial charge >= 0.3 is 0 Å². The van der Waals surface area contributed by atoms with Gasteiger partial charge in [-0.3, -0.25) is 9.59 Å². The summed E-state index contributed by atoms with van der Waals surface area (Å²) in [6.45, 7) is 10.8. The minimum atomic E-state index is -0.346. The van der Waals surface area contributed by atoms with Gasteiger partial charge in [0.1, 0.15) is 6.04 Å². The van der Waals surface area contributed by atoms with Crippen LogP contribution in [-0.2, 0) is 9.59 Å². The number of amides is 2. The van der Waals surface area contributed by atoms with Gasteiger partial charge in [0.25, 0.3) is 0 Å². The molecule has 0 saturated carbocycles. The molecule has 0 spiro atoms. The first-order chi connectivity index (χ1) is 9.06. The zero-order chi connectivity index (χ0) is 14.4. The summed E-state index contributed by atoms with van der Waals surface area (Å²) in [5.74, 6) is 0.121. The van der Waals surface area contributed by atoms with Crippen LogP contribution in [0.25, 0.3) is 0 Å². The number of nitrogens with one attached hydrogen (secondary N) is 1. The van der Waals surface area contributed by atoms with E-state index >= 15 is 0 Å². The van der Waals surface area contributed by atoms with Crippen LogP contribution in [0.5, 0.6) is 0 Å². The molecule has 0 radical (unpaired) electrons. The van der Waals surface area contributed by atoms with E-state index < -0.39 is 0 Å². The van der Waals surface area contributed by atoms with Gasteiger partial charge in [-0.15, -0.1) is 0 Å². The Morgan fingerprint density at radius 1 is 1.42 bits per heavy atom. The highest BCUT2D eigenvalue weighted by atomic mass is 16.2. The normalized spacial score (nSPS) is 20.7. The molecule has 1 saturated heterocycles. The Labute approximate surface area is 116 Å². The zero-order valence-corrected chi connectivity index (χ0v) is 12.6. The monoisotopic (exact) mass is 269 g/mol. The lowest BCUT2D eigenvalue weighted by Gasteiger charge is -2.29. The molecule has 2 unspecified atom stereocenters. The van der Waals surface area contributed by atoms with Crippen LogP contribution < -0.4 is 5.32 Å². The Kier molecular flexibility index (Phi) is 6.28. The average molecular weight is 269 g/mol. The van der Waals surface area contributed by atoms with Crippen LogP contribution in [0.2, 0.25) is 0 Å². The van der Waals surface area contributed by atoms with Crippen molar-refractivity contribution < 1.29 is 9.59 Å². The van der Waals surface area contributed by atoms with E-state index in [1.807, 2.05) is 20.8 Å². The second-order valence-corrected chi connectivity index (χ2v) is 5.01. The Bertz CT molecular complexity index is 316. The predicted molar refractivity (Wildman–Crippen MR) is 75.8 cm³/mol. The molecule has 1 aliphatic rings. The van der Waals surface area contributed by atoms with Crippen LogP contribution in [0.1, 0.15) is 40.5 Å². The van der Waals surface area contributed by atoms with Crippen molar-refractivity contribution in [1.82, 2.24) is 15.1 Å². The molecule has 0 aromatic heterocycles. The Hall–Kier alpha value is -1.10. The summed E-state index contributed by atoms with van der Waals surface area (Å²) in [4.78, 5) is 28.0. The van der Waals surface area contributed by atoms with Gasteiger partial charge in [0.05, 0.1) is 6.04 Å². The average Bonchev–Trinajstić information content (AvgIpc) is 2.78. The lowest BCUT2D eigenvalue weighted by Crippen LogP contribution is -2.49. The molecule has 0 bridgehead atoms. The summed E-state index contributed by atoms with van der Waals surface area (Å²) in [6, 6.07) is -0.451. The minimum Gasteiger partial charge on any atom is -0.341 e. The number of hydrogen-bond donors (Lipinski definition) is 1. The largest absolute Gasteiger partial charge is 0.341 e. The topological polar surface area (TPSA) is 52.7 Å². The number of likely N-dealkylation sites (tertiary alicyclic amines) is 1. The molecule has 19 heavy (non-hydrogen) atoms. The molecule has 0 aromatic carbocycles. The smallest absolute Gasteiger partial charge is 0.245 e. The van der Waals surface area contributed by atoms with Crippen LogP contribution in [0.3, 0.4) is 0 Å². The molecule has 1 aliphatic heterocycles. The van der Waals surface area contributed by atoms with Crippen LogP contribution in [0.15, 0.2) is 0 Å². The number of hydrogen-bond acceptors (Lipinski definition) is 3. The summed E-state index contributed by atoms with van der Waals surface area (Å²) in [5, 5.41) is 3.25.